The van der Waals surface area contributed by atoms with Gasteiger partial charge in [-0.2, -0.15) is 5.10 Å². The Balaban J connectivity index is 1.91. The van der Waals surface area contributed by atoms with E-state index in [0.717, 1.165) is 28.5 Å². The van der Waals surface area contributed by atoms with Crippen LogP contribution < -0.4 is 20.2 Å². The van der Waals surface area contributed by atoms with E-state index in [-0.39, 0.29) is 0 Å². The van der Waals surface area contributed by atoms with Gasteiger partial charge in [0.05, 0.1) is 19.4 Å². The number of nitrogens with zero attached hydrogens (tertiary/aromatic N) is 1. The first kappa shape index (κ1) is 17.7. The summed E-state index contributed by atoms with van der Waals surface area (Å²) in [5.41, 5.74) is 5.53. The Labute approximate surface area is 147 Å². The van der Waals surface area contributed by atoms with Gasteiger partial charge in [0, 0.05) is 5.69 Å². The zero-order valence-corrected chi connectivity index (χ0v) is 14.8. The molecule has 0 spiro atoms. The highest BCUT2D eigenvalue weighted by atomic mass is 32.1. The van der Waals surface area contributed by atoms with Crippen molar-refractivity contribution in [3.8, 4) is 11.5 Å². The van der Waals surface area contributed by atoms with Crippen LogP contribution >= 0.6 is 12.2 Å². The number of benzene rings is 2. The van der Waals surface area contributed by atoms with Gasteiger partial charge in [0.2, 0.25) is 0 Å². The average molecular weight is 343 g/mol. The number of thiocarbonyl (C=S) groups is 1. The molecule has 24 heavy (non-hydrogen) atoms. The maximum atomic E-state index is 5.40. The molecule has 0 aliphatic rings. The van der Waals surface area contributed by atoms with Gasteiger partial charge in [-0.05, 0) is 80.2 Å². The van der Waals surface area contributed by atoms with Gasteiger partial charge in [0.15, 0.2) is 5.11 Å². The molecule has 6 heteroatoms. The van der Waals surface area contributed by atoms with Crippen molar-refractivity contribution in [3.05, 3.63) is 54.1 Å². The minimum Gasteiger partial charge on any atom is -0.497 e. The highest BCUT2D eigenvalue weighted by Gasteiger charge is 2.00. The van der Waals surface area contributed by atoms with Crippen molar-refractivity contribution in [3.63, 3.8) is 0 Å². The second kappa shape index (κ2) is 8.88. The molecular formula is C18H21N3O2S. The van der Waals surface area contributed by atoms with E-state index in [4.69, 9.17) is 21.7 Å². The van der Waals surface area contributed by atoms with Gasteiger partial charge in [-0.15, -0.1) is 0 Å². The Hall–Kier alpha value is -2.60. The Morgan fingerprint density at radius 2 is 1.67 bits per heavy atom. The molecule has 0 fully saturated rings. The maximum absolute atomic E-state index is 5.40. The van der Waals surface area contributed by atoms with E-state index in [1.807, 2.05) is 62.4 Å². The topological polar surface area (TPSA) is 54.9 Å². The molecule has 0 saturated carbocycles. The second-order valence-electron chi connectivity index (χ2n) is 4.95. The number of nitrogens with one attached hydrogen (secondary N) is 2. The first-order valence-corrected chi connectivity index (χ1v) is 8.01. The van der Waals surface area contributed by atoms with Gasteiger partial charge >= 0.3 is 0 Å². The molecule has 2 rings (SSSR count). The number of methoxy groups -OCH3 is 1. The number of hydrazone groups is 1. The van der Waals surface area contributed by atoms with E-state index in [2.05, 4.69) is 15.8 Å². The standard InChI is InChI=1S/C18H21N3O2S/c1-4-23-17-11-7-15(8-12-17)19-18(24)21-20-13(2)14-5-9-16(22-3)10-6-14/h5-12H,4H2,1-3H3,(H2,19,21,24)/b20-13-. The zero-order valence-electron chi connectivity index (χ0n) is 14.0. The monoisotopic (exact) mass is 343 g/mol. The van der Waals surface area contributed by atoms with Crippen LogP contribution in [0.2, 0.25) is 0 Å². The van der Waals surface area contributed by atoms with Crippen molar-refractivity contribution < 1.29 is 9.47 Å². The summed E-state index contributed by atoms with van der Waals surface area (Å²) in [6.07, 6.45) is 0. The number of hydrogen-bond acceptors (Lipinski definition) is 4. The lowest BCUT2D eigenvalue weighted by Crippen LogP contribution is -2.24. The van der Waals surface area contributed by atoms with Crippen molar-refractivity contribution >= 4 is 28.7 Å². The van der Waals surface area contributed by atoms with E-state index >= 15 is 0 Å². The molecule has 0 radical (unpaired) electrons. The normalized spacial score (nSPS) is 10.9. The quantitative estimate of drug-likeness (QED) is 0.475. The lowest BCUT2D eigenvalue weighted by molar-refractivity contribution is 0.340. The number of anilines is 1. The van der Waals surface area contributed by atoms with Crippen LogP contribution in [0, 0.1) is 0 Å². The second-order valence-corrected chi connectivity index (χ2v) is 5.36. The first-order valence-electron chi connectivity index (χ1n) is 7.61. The van der Waals surface area contributed by atoms with Crippen LogP contribution in [-0.2, 0) is 0 Å². The van der Waals surface area contributed by atoms with Crippen LogP contribution in [0.15, 0.2) is 53.6 Å². The lowest BCUT2D eigenvalue weighted by atomic mass is 10.1. The molecule has 0 heterocycles. The highest BCUT2D eigenvalue weighted by molar-refractivity contribution is 7.80. The smallest absolute Gasteiger partial charge is 0.191 e. The average Bonchev–Trinajstić information content (AvgIpc) is 2.61. The van der Waals surface area contributed by atoms with Crippen LogP contribution in [0.4, 0.5) is 5.69 Å². The number of rotatable bonds is 6. The van der Waals surface area contributed by atoms with Crippen LogP contribution in [0.1, 0.15) is 19.4 Å². The molecule has 2 aromatic carbocycles. The van der Waals surface area contributed by atoms with Crippen LogP contribution in [0.3, 0.4) is 0 Å². The van der Waals surface area contributed by atoms with Crippen LogP contribution in [0.5, 0.6) is 11.5 Å². The lowest BCUT2D eigenvalue weighted by Gasteiger charge is -2.09. The Morgan fingerprint density at radius 1 is 1.04 bits per heavy atom. The van der Waals surface area contributed by atoms with Crippen molar-refractivity contribution in [2.75, 3.05) is 19.0 Å². The van der Waals surface area contributed by atoms with E-state index < -0.39 is 0 Å². The molecule has 0 unspecified atom stereocenters. The largest absolute Gasteiger partial charge is 0.497 e. The molecule has 2 aromatic rings. The first-order chi connectivity index (χ1) is 11.6. The molecule has 5 nitrogen and oxygen atoms in total. The predicted molar refractivity (Wildman–Crippen MR) is 102 cm³/mol. The molecule has 2 N–H and O–H groups in total. The van der Waals surface area contributed by atoms with E-state index in [0.29, 0.717) is 11.7 Å². The highest BCUT2D eigenvalue weighted by Crippen LogP contribution is 2.15. The molecule has 0 atom stereocenters. The minimum absolute atomic E-state index is 0.423. The van der Waals surface area contributed by atoms with E-state index in [9.17, 15) is 0 Å². The summed E-state index contributed by atoms with van der Waals surface area (Å²) >= 11 is 5.25. The molecule has 0 aliphatic heterocycles. The third kappa shape index (κ3) is 5.24. The number of ether oxygens (including phenoxy) is 2. The fraction of sp³-hybridized carbons (Fsp3) is 0.222. The molecule has 0 aliphatic carbocycles. The van der Waals surface area contributed by atoms with E-state index in [1.54, 1.807) is 7.11 Å². The van der Waals surface area contributed by atoms with Gasteiger partial charge in [0.25, 0.3) is 0 Å². The summed E-state index contributed by atoms with van der Waals surface area (Å²) in [5, 5.41) is 7.79. The Morgan fingerprint density at radius 3 is 2.25 bits per heavy atom. The summed E-state index contributed by atoms with van der Waals surface area (Å²) in [6, 6.07) is 15.3. The molecule has 0 amide bonds. The van der Waals surface area contributed by atoms with Crippen LogP contribution in [0.25, 0.3) is 0 Å². The van der Waals surface area contributed by atoms with Crippen molar-refractivity contribution in [2.24, 2.45) is 5.10 Å². The summed E-state index contributed by atoms with van der Waals surface area (Å²) in [6.45, 7) is 4.51. The molecule has 0 aromatic heterocycles. The van der Waals surface area contributed by atoms with Gasteiger partial charge in [-0.1, -0.05) is 0 Å². The summed E-state index contributed by atoms with van der Waals surface area (Å²) in [7, 11) is 1.64. The number of hydrogen-bond donors (Lipinski definition) is 2. The van der Waals surface area contributed by atoms with Gasteiger partial charge in [-0.3, -0.25) is 5.43 Å². The fourth-order valence-corrected chi connectivity index (χ4v) is 2.16. The summed E-state index contributed by atoms with van der Waals surface area (Å²) in [5.74, 6) is 1.64. The third-order valence-electron chi connectivity index (χ3n) is 3.26. The van der Waals surface area contributed by atoms with Gasteiger partial charge < -0.3 is 14.8 Å². The predicted octanol–water partition coefficient (Wildman–Crippen LogP) is 3.80. The minimum atomic E-state index is 0.423. The molecular weight excluding hydrogens is 322 g/mol. The SMILES string of the molecule is CCOc1ccc(NC(=S)N/N=C(/C)c2ccc(OC)cc2)cc1. The Kier molecular flexibility index (Phi) is 6.57. The molecule has 0 saturated heterocycles. The fourth-order valence-electron chi connectivity index (χ4n) is 1.99. The van der Waals surface area contributed by atoms with Gasteiger partial charge in [-0.25, -0.2) is 0 Å². The molecule has 126 valence electrons. The Bertz CT molecular complexity index is 697. The summed E-state index contributed by atoms with van der Waals surface area (Å²) in [4.78, 5) is 0. The van der Waals surface area contributed by atoms with Crippen LogP contribution in [-0.4, -0.2) is 24.5 Å². The van der Waals surface area contributed by atoms with Gasteiger partial charge in [0.1, 0.15) is 11.5 Å². The summed E-state index contributed by atoms with van der Waals surface area (Å²) < 4.78 is 10.5. The van der Waals surface area contributed by atoms with Crippen molar-refractivity contribution in [1.82, 2.24) is 5.43 Å². The van der Waals surface area contributed by atoms with Crippen molar-refractivity contribution in [1.29, 1.82) is 0 Å². The zero-order chi connectivity index (χ0) is 17.4. The molecule has 0 bridgehead atoms. The maximum Gasteiger partial charge on any atom is 0.191 e. The third-order valence-corrected chi connectivity index (χ3v) is 3.45. The van der Waals surface area contributed by atoms with E-state index in [1.165, 1.54) is 0 Å². The van der Waals surface area contributed by atoms with Crippen molar-refractivity contribution in [2.45, 2.75) is 13.8 Å².